The van der Waals surface area contributed by atoms with Crippen molar-refractivity contribution in [1.82, 2.24) is 0 Å². The first-order chi connectivity index (χ1) is 9.31. The molecule has 3 aromatic rings. The lowest BCUT2D eigenvalue weighted by atomic mass is 10.0. The lowest BCUT2D eigenvalue weighted by Crippen LogP contribution is -1.86. The molecule has 19 heavy (non-hydrogen) atoms. The van der Waals surface area contributed by atoms with Crippen LogP contribution in [0.1, 0.15) is 0 Å². The molecule has 0 heterocycles. The van der Waals surface area contributed by atoms with Crippen LogP contribution < -0.4 is 0 Å². The summed E-state index contributed by atoms with van der Waals surface area (Å²) >= 11 is 5.51. The first-order valence-corrected chi connectivity index (χ1v) is 8.13. The predicted octanol–water partition coefficient (Wildman–Crippen LogP) is 5.99. The second kappa shape index (κ2) is 5.40. The van der Waals surface area contributed by atoms with Crippen LogP contribution >= 0.6 is 27.7 Å². The van der Waals surface area contributed by atoms with E-state index in [0.29, 0.717) is 0 Å². The van der Waals surface area contributed by atoms with Gasteiger partial charge in [0.25, 0.3) is 0 Å². The van der Waals surface area contributed by atoms with Crippen LogP contribution in [0.2, 0.25) is 0 Å². The summed E-state index contributed by atoms with van der Waals surface area (Å²) in [6.45, 7) is 0. The molecule has 0 nitrogen and oxygen atoms in total. The Bertz CT molecular complexity index is 720. The second-order valence-electron chi connectivity index (χ2n) is 4.35. The van der Waals surface area contributed by atoms with Crippen molar-refractivity contribution in [2.75, 3.05) is 6.26 Å². The maximum absolute atomic E-state index is 3.70. The zero-order valence-corrected chi connectivity index (χ0v) is 13.0. The van der Waals surface area contributed by atoms with E-state index in [-0.39, 0.29) is 0 Å². The second-order valence-corrected chi connectivity index (χ2v) is 6.02. The minimum atomic E-state index is 1.15. The summed E-state index contributed by atoms with van der Waals surface area (Å²) in [7, 11) is 0. The predicted molar refractivity (Wildman–Crippen MR) is 88.9 cm³/mol. The van der Waals surface area contributed by atoms with Crippen molar-refractivity contribution in [2.24, 2.45) is 0 Å². The molecule has 0 fully saturated rings. The van der Waals surface area contributed by atoms with E-state index in [0.717, 1.165) is 4.47 Å². The maximum atomic E-state index is 3.70. The first-order valence-electron chi connectivity index (χ1n) is 6.12. The Labute approximate surface area is 126 Å². The van der Waals surface area contributed by atoms with Crippen LogP contribution in [0.5, 0.6) is 0 Å². The van der Waals surface area contributed by atoms with E-state index in [4.69, 9.17) is 0 Å². The maximum Gasteiger partial charge on any atom is 0.0260 e. The van der Waals surface area contributed by atoms with E-state index in [9.17, 15) is 0 Å². The van der Waals surface area contributed by atoms with Gasteiger partial charge in [-0.1, -0.05) is 70.5 Å². The molecule has 0 unspecified atom stereocenters. The minimum absolute atomic E-state index is 1.15. The molecule has 0 spiro atoms. The van der Waals surface area contributed by atoms with Gasteiger partial charge in [-0.3, -0.25) is 0 Å². The van der Waals surface area contributed by atoms with Crippen molar-refractivity contribution in [1.29, 1.82) is 0 Å². The fourth-order valence-corrected chi connectivity index (χ4v) is 3.73. The zero-order chi connectivity index (χ0) is 13.2. The van der Waals surface area contributed by atoms with Gasteiger partial charge in [0.1, 0.15) is 0 Å². The van der Waals surface area contributed by atoms with Crippen LogP contribution in [-0.4, -0.2) is 6.26 Å². The Hall–Kier alpha value is -1.25. The average molecular weight is 329 g/mol. The number of benzene rings is 3. The Morgan fingerprint density at radius 2 is 1.47 bits per heavy atom. The molecule has 0 atom stereocenters. The van der Waals surface area contributed by atoms with Gasteiger partial charge in [-0.2, -0.15) is 0 Å². The summed E-state index contributed by atoms with van der Waals surface area (Å²) < 4.78 is 1.15. The van der Waals surface area contributed by atoms with Gasteiger partial charge in [0.15, 0.2) is 0 Å². The van der Waals surface area contributed by atoms with Crippen molar-refractivity contribution in [3.8, 4) is 11.1 Å². The van der Waals surface area contributed by atoms with E-state index in [1.807, 2.05) is 11.8 Å². The van der Waals surface area contributed by atoms with Gasteiger partial charge in [0.2, 0.25) is 0 Å². The highest BCUT2D eigenvalue weighted by atomic mass is 79.9. The molecule has 0 aliphatic carbocycles. The molecular weight excluding hydrogens is 316 g/mol. The quantitative estimate of drug-likeness (QED) is 0.520. The normalized spacial score (nSPS) is 10.8. The molecule has 3 rings (SSSR count). The molecule has 0 saturated heterocycles. The summed E-state index contributed by atoms with van der Waals surface area (Å²) in [5, 5.41) is 2.58. The third kappa shape index (κ3) is 2.31. The van der Waals surface area contributed by atoms with Gasteiger partial charge in [-0.05, 0) is 34.2 Å². The summed E-state index contributed by atoms with van der Waals surface area (Å²) in [6, 6.07) is 21.3. The lowest BCUT2D eigenvalue weighted by Gasteiger charge is -2.13. The van der Waals surface area contributed by atoms with E-state index >= 15 is 0 Å². The lowest BCUT2D eigenvalue weighted by molar-refractivity contribution is 1.50. The molecule has 94 valence electrons. The van der Waals surface area contributed by atoms with Gasteiger partial charge in [-0.25, -0.2) is 0 Å². The number of rotatable bonds is 2. The largest absolute Gasteiger partial charge is 0.128 e. The monoisotopic (exact) mass is 328 g/mol. The number of hydrogen-bond acceptors (Lipinski definition) is 1. The highest BCUT2D eigenvalue weighted by molar-refractivity contribution is 9.10. The van der Waals surface area contributed by atoms with Crippen molar-refractivity contribution in [3.05, 3.63) is 65.1 Å². The third-order valence-corrected chi connectivity index (χ3v) is 4.74. The van der Waals surface area contributed by atoms with Gasteiger partial charge in [0.05, 0.1) is 0 Å². The number of halogens is 1. The fourth-order valence-electron chi connectivity index (χ4n) is 2.36. The minimum Gasteiger partial charge on any atom is -0.128 e. The topological polar surface area (TPSA) is 0 Å². The number of fused-ring (bicyclic) bond motifs is 1. The van der Waals surface area contributed by atoms with E-state index in [2.05, 4.69) is 82.8 Å². The molecule has 0 bridgehead atoms. The smallest absolute Gasteiger partial charge is 0.0260 e. The Morgan fingerprint density at radius 1 is 0.842 bits per heavy atom. The van der Waals surface area contributed by atoms with Crippen molar-refractivity contribution >= 4 is 38.5 Å². The Morgan fingerprint density at radius 3 is 2.16 bits per heavy atom. The van der Waals surface area contributed by atoms with E-state index in [1.165, 1.54) is 26.8 Å². The first kappa shape index (κ1) is 12.8. The van der Waals surface area contributed by atoms with E-state index < -0.39 is 0 Å². The number of thioether (sulfide) groups is 1. The molecule has 0 aliphatic heterocycles. The van der Waals surface area contributed by atoms with Crippen LogP contribution in [0, 0.1) is 0 Å². The summed E-state index contributed by atoms with van der Waals surface area (Å²) in [5.74, 6) is 0. The number of hydrogen-bond donors (Lipinski definition) is 0. The zero-order valence-electron chi connectivity index (χ0n) is 10.6. The van der Waals surface area contributed by atoms with Crippen LogP contribution in [0.25, 0.3) is 21.9 Å². The molecular formula is C17H13BrS. The highest BCUT2D eigenvalue weighted by Crippen LogP contribution is 2.40. The molecule has 0 N–H and O–H groups in total. The van der Waals surface area contributed by atoms with Gasteiger partial charge >= 0.3 is 0 Å². The van der Waals surface area contributed by atoms with Gasteiger partial charge in [0, 0.05) is 9.37 Å². The van der Waals surface area contributed by atoms with Crippen LogP contribution in [0.3, 0.4) is 0 Å². The molecule has 2 heteroatoms. The van der Waals surface area contributed by atoms with Crippen LogP contribution in [-0.2, 0) is 0 Å². The highest BCUT2D eigenvalue weighted by Gasteiger charge is 2.11. The van der Waals surface area contributed by atoms with Crippen LogP contribution in [0.15, 0.2) is 70.0 Å². The molecule has 0 aromatic heterocycles. The van der Waals surface area contributed by atoms with Gasteiger partial charge < -0.3 is 0 Å². The third-order valence-electron chi connectivity index (χ3n) is 3.23. The Balaban J connectivity index is 2.37. The molecule has 0 radical (unpaired) electrons. The Kier molecular flexibility index (Phi) is 3.63. The summed E-state index contributed by atoms with van der Waals surface area (Å²) in [4.78, 5) is 1.34. The molecule has 0 amide bonds. The standard InChI is InChI=1S/C17H13BrS/c1-19-17-14-10-6-5-9-13(14)16(18)11-15(17)12-7-3-2-4-8-12/h2-11H,1H3. The van der Waals surface area contributed by atoms with Crippen molar-refractivity contribution in [3.63, 3.8) is 0 Å². The SMILES string of the molecule is CSc1c(-c2ccccc2)cc(Br)c2ccccc12. The fraction of sp³-hybridized carbons (Fsp3) is 0.0588. The average Bonchev–Trinajstić information content (AvgIpc) is 2.48. The van der Waals surface area contributed by atoms with Crippen molar-refractivity contribution < 1.29 is 0 Å². The van der Waals surface area contributed by atoms with Crippen LogP contribution in [0.4, 0.5) is 0 Å². The van der Waals surface area contributed by atoms with Crippen molar-refractivity contribution in [2.45, 2.75) is 4.90 Å². The molecule has 3 aromatic carbocycles. The van der Waals surface area contributed by atoms with E-state index in [1.54, 1.807) is 0 Å². The van der Waals surface area contributed by atoms with Gasteiger partial charge in [-0.15, -0.1) is 11.8 Å². The molecule has 0 saturated carbocycles. The summed E-state index contributed by atoms with van der Waals surface area (Å²) in [5.41, 5.74) is 2.55. The summed E-state index contributed by atoms with van der Waals surface area (Å²) in [6.07, 6.45) is 2.14. The molecule has 0 aliphatic rings.